The first-order chi connectivity index (χ1) is 20.8. The topological polar surface area (TPSA) is 26.3 Å². The van der Waals surface area contributed by atoms with E-state index in [4.69, 9.17) is 8.83 Å². The molecule has 0 spiro atoms. The van der Waals surface area contributed by atoms with Crippen LogP contribution >= 0.6 is 22.7 Å². The van der Waals surface area contributed by atoms with Crippen LogP contribution in [0.5, 0.6) is 0 Å². The lowest BCUT2D eigenvalue weighted by molar-refractivity contribution is 0.524. The van der Waals surface area contributed by atoms with Crippen LogP contribution in [-0.2, 0) is 0 Å². The van der Waals surface area contributed by atoms with E-state index in [0.29, 0.717) is 5.78 Å². The fourth-order valence-corrected chi connectivity index (χ4v) is 9.08. The van der Waals surface area contributed by atoms with Gasteiger partial charge in [-0.3, -0.25) is 0 Å². The number of benzene rings is 6. The van der Waals surface area contributed by atoms with Crippen molar-refractivity contribution in [2.45, 2.75) is 0 Å². The standard InChI is InChI=1S/C38H20O2S2/c1-3-13-33-25(7-1)27-11-5-9-23(36(27)41-33)21-15-17-31-29(19-21)35-30-20-22(16-18-32(30)40-38(35)39-31)24-10-6-12-28-26-8-2-4-14-34(26)42-37(24)28/h1-20H. The van der Waals surface area contributed by atoms with Crippen molar-refractivity contribution in [3.63, 3.8) is 0 Å². The van der Waals surface area contributed by atoms with Crippen LogP contribution in [0, 0.1) is 0 Å². The van der Waals surface area contributed by atoms with E-state index >= 15 is 0 Å². The molecule has 10 aromatic rings. The Morgan fingerprint density at radius 1 is 0.405 bits per heavy atom. The van der Waals surface area contributed by atoms with Crippen LogP contribution in [0.4, 0.5) is 0 Å². The number of hydrogen-bond acceptors (Lipinski definition) is 4. The fourth-order valence-electron chi connectivity index (χ4n) is 6.60. The Bertz CT molecular complexity index is 2510. The smallest absolute Gasteiger partial charge is 0.299 e. The number of rotatable bonds is 2. The third-order valence-corrected chi connectivity index (χ3v) is 11.0. The van der Waals surface area contributed by atoms with E-state index in [2.05, 4.69) is 121 Å². The first-order valence-electron chi connectivity index (χ1n) is 14.0. The molecule has 0 atom stereocenters. The summed E-state index contributed by atoms with van der Waals surface area (Å²) in [4.78, 5) is 0. The largest absolute Gasteiger partial charge is 0.425 e. The summed E-state index contributed by atoms with van der Waals surface area (Å²) in [6.45, 7) is 0. The van der Waals surface area contributed by atoms with Crippen LogP contribution < -0.4 is 0 Å². The molecular formula is C38H20O2S2. The van der Waals surface area contributed by atoms with Crippen LogP contribution in [-0.4, -0.2) is 0 Å². The minimum atomic E-state index is 0.578. The maximum absolute atomic E-state index is 6.26. The zero-order valence-corrected chi connectivity index (χ0v) is 23.8. The van der Waals surface area contributed by atoms with Gasteiger partial charge in [-0.25, -0.2) is 0 Å². The average molecular weight is 573 g/mol. The van der Waals surface area contributed by atoms with E-state index in [-0.39, 0.29) is 0 Å². The molecule has 0 bridgehead atoms. The van der Waals surface area contributed by atoms with E-state index < -0.39 is 0 Å². The van der Waals surface area contributed by atoms with Gasteiger partial charge in [0, 0.05) is 51.1 Å². The highest BCUT2D eigenvalue weighted by Gasteiger charge is 2.19. The summed E-state index contributed by atoms with van der Waals surface area (Å²) in [6.07, 6.45) is 0. The lowest BCUT2D eigenvalue weighted by atomic mass is 9.99. The molecule has 6 aromatic carbocycles. The van der Waals surface area contributed by atoms with E-state index in [9.17, 15) is 0 Å². The number of thiophene rings is 2. The molecule has 0 unspecified atom stereocenters. The molecule has 0 saturated heterocycles. The van der Waals surface area contributed by atoms with Gasteiger partial charge >= 0.3 is 0 Å². The molecule has 0 aliphatic heterocycles. The van der Waals surface area contributed by atoms with Crippen LogP contribution in [0.3, 0.4) is 0 Å². The van der Waals surface area contributed by atoms with Gasteiger partial charge in [0.15, 0.2) is 0 Å². The zero-order chi connectivity index (χ0) is 27.4. The second-order valence-electron chi connectivity index (χ2n) is 10.8. The molecule has 2 nitrogen and oxygen atoms in total. The highest BCUT2D eigenvalue weighted by molar-refractivity contribution is 7.26. The van der Waals surface area contributed by atoms with Gasteiger partial charge in [0.05, 0.1) is 5.39 Å². The number of furan rings is 2. The third kappa shape index (κ3) is 3.08. The Kier molecular flexibility index (Phi) is 4.51. The van der Waals surface area contributed by atoms with Gasteiger partial charge in [0.25, 0.3) is 5.78 Å². The molecule has 10 rings (SSSR count). The van der Waals surface area contributed by atoms with Crippen molar-refractivity contribution in [1.82, 2.24) is 0 Å². The van der Waals surface area contributed by atoms with Crippen molar-refractivity contribution in [2.24, 2.45) is 0 Å². The molecule has 0 radical (unpaired) electrons. The van der Waals surface area contributed by atoms with Gasteiger partial charge < -0.3 is 8.83 Å². The Hall–Kier alpha value is -4.90. The van der Waals surface area contributed by atoms with Gasteiger partial charge in [-0.05, 0) is 58.7 Å². The summed E-state index contributed by atoms with van der Waals surface area (Å²) in [7, 11) is 0. The molecule has 0 saturated carbocycles. The molecule has 0 fully saturated rings. The third-order valence-electron chi connectivity index (χ3n) is 8.54. The minimum absolute atomic E-state index is 0.578. The van der Waals surface area contributed by atoms with Gasteiger partial charge in [0.1, 0.15) is 11.2 Å². The molecule has 4 heteroatoms. The molecule has 0 amide bonds. The molecular weight excluding hydrogens is 553 g/mol. The van der Waals surface area contributed by atoms with Crippen molar-refractivity contribution in [3.8, 4) is 22.3 Å². The molecule has 196 valence electrons. The molecule has 0 aliphatic rings. The monoisotopic (exact) mass is 572 g/mol. The highest BCUT2D eigenvalue weighted by Crippen LogP contribution is 2.45. The van der Waals surface area contributed by atoms with Crippen LogP contribution in [0.25, 0.3) is 95.7 Å². The van der Waals surface area contributed by atoms with E-state index in [1.54, 1.807) is 0 Å². The second kappa shape index (κ2) is 8.32. The minimum Gasteiger partial charge on any atom is -0.425 e. The van der Waals surface area contributed by atoms with Gasteiger partial charge in [0.2, 0.25) is 0 Å². The van der Waals surface area contributed by atoms with E-state index in [1.165, 1.54) is 62.6 Å². The summed E-state index contributed by atoms with van der Waals surface area (Å²) in [5, 5.41) is 8.43. The molecule has 42 heavy (non-hydrogen) atoms. The summed E-state index contributed by atoms with van der Waals surface area (Å²) in [5.41, 5.74) is 6.54. The molecule has 0 N–H and O–H groups in total. The normalized spacial score (nSPS) is 12.3. The Balaban J connectivity index is 1.20. The lowest BCUT2D eigenvalue weighted by Crippen LogP contribution is -1.80. The summed E-state index contributed by atoms with van der Waals surface area (Å²) in [6, 6.07) is 43.6. The maximum Gasteiger partial charge on any atom is 0.299 e. The Morgan fingerprint density at radius 2 is 0.881 bits per heavy atom. The predicted octanol–water partition coefficient (Wildman–Crippen LogP) is 12.4. The van der Waals surface area contributed by atoms with Gasteiger partial charge in [-0.2, -0.15) is 0 Å². The molecule has 4 heterocycles. The summed E-state index contributed by atoms with van der Waals surface area (Å²) < 4.78 is 17.8. The maximum atomic E-state index is 6.26. The Labute approximate surface area is 247 Å². The van der Waals surface area contributed by atoms with Gasteiger partial charge in [-0.1, -0.05) is 84.9 Å². The van der Waals surface area contributed by atoms with Crippen molar-refractivity contribution in [3.05, 3.63) is 121 Å². The van der Waals surface area contributed by atoms with Crippen LogP contribution in [0.15, 0.2) is 130 Å². The predicted molar refractivity (Wildman–Crippen MR) is 180 cm³/mol. The zero-order valence-electron chi connectivity index (χ0n) is 22.2. The van der Waals surface area contributed by atoms with E-state index in [1.807, 2.05) is 22.7 Å². The molecule has 0 aliphatic carbocycles. The highest BCUT2D eigenvalue weighted by atomic mass is 32.1. The first kappa shape index (κ1) is 22.8. The van der Waals surface area contributed by atoms with Crippen molar-refractivity contribution in [1.29, 1.82) is 0 Å². The first-order valence-corrected chi connectivity index (χ1v) is 15.6. The number of hydrogen-bond donors (Lipinski definition) is 0. The van der Waals surface area contributed by atoms with Crippen LogP contribution in [0.2, 0.25) is 0 Å². The van der Waals surface area contributed by atoms with Crippen molar-refractivity contribution in [2.75, 3.05) is 0 Å². The number of fused-ring (bicyclic) bond motifs is 11. The average Bonchev–Trinajstić information content (AvgIpc) is 3.78. The van der Waals surface area contributed by atoms with Crippen LogP contribution in [0.1, 0.15) is 0 Å². The van der Waals surface area contributed by atoms with Crippen molar-refractivity contribution >= 4 is 96.1 Å². The van der Waals surface area contributed by atoms with E-state index in [0.717, 1.165) is 27.3 Å². The fraction of sp³-hybridized carbons (Fsp3) is 0. The quantitative estimate of drug-likeness (QED) is 0.206. The summed E-state index contributed by atoms with van der Waals surface area (Å²) in [5.74, 6) is 0.578. The Morgan fingerprint density at radius 3 is 1.40 bits per heavy atom. The molecule has 4 aromatic heterocycles. The lowest BCUT2D eigenvalue weighted by Gasteiger charge is -2.05. The van der Waals surface area contributed by atoms with Crippen molar-refractivity contribution < 1.29 is 8.83 Å². The van der Waals surface area contributed by atoms with Gasteiger partial charge in [-0.15, -0.1) is 22.7 Å². The SMILES string of the molecule is c1ccc2c(c1)sc1c(-c3ccc4oc5oc6ccc(-c7cccc8c7sc7ccccc78)cc6c5c4c3)cccc12. The summed E-state index contributed by atoms with van der Waals surface area (Å²) >= 11 is 3.72. The second-order valence-corrected chi connectivity index (χ2v) is 13.0.